The molecule has 21 heavy (non-hydrogen) atoms. The van der Waals surface area contributed by atoms with Gasteiger partial charge in [-0.05, 0) is 30.3 Å². The minimum atomic E-state index is -0.296. The number of nitrogens with zero attached hydrogens (tertiary/aromatic N) is 3. The highest BCUT2D eigenvalue weighted by molar-refractivity contribution is 7.22. The number of rotatable bonds is 3. The summed E-state index contributed by atoms with van der Waals surface area (Å²) in [7, 11) is 0. The van der Waals surface area contributed by atoms with Gasteiger partial charge in [0.1, 0.15) is 5.82 Å². The smallest absolute Gasteiger partial charge is 0.322 e. The van der Waals surface area contributed by atoms with E-state index in [-0.39, 0.29) is 17.7 Å². The second-order valence-corrected chi connectivity index (χ2v) is 5.18. The number of benzene rings is 1. The highest BCUT2D eigenvalue weighted by Gasteiger charge is 2.12. The lowest BCUT2D eigenvalue weighted by molar-refractivity contribution is 0.524. The number of furan rings is 1. The molecule has 0 unspecified atom stereocenters. The number of nitrogens with one attached hydrogen (secondary N) is 1. The molecule has 0 atom stereocenters. The van der Waals surface area contributed by atoms with Crippen molar-refractivity contribution in [2.45, 2.75) is 0 Å². The molecule has 0 aliphatic carbocycles. The fourth-order valence-electron chi connectivity index (χ4n) is 1.82. The number of thiazole rings is 1. The molecule has 6 nitrogen and oxygen atoms in total. The van der Waals surface area contributed by atoms with E-state index in [2.05, 4.69) is 20.5 Å². The van der Waals surface area contributed by atoms with Gasteiger partial charge in [-0.15, -0.1) is 5.10 Å². The summed E-state index contributed by atoms with van der Waals surface area (Å²) in [6.07, 6.45) is 1.52. The summed E-state index contributed by atoms with van der Waals surface area (Å²) in [4.78, 5) is 4.31. The van der Waals surface area contributed by atoms with E-state index in [0.29, 0.717) is 16.4 Å². The zero-order valence-corrected chi connectivity index (χ0v) is 11.2. The molecule has 0 saturated heterocycles. The van der Waals surface area contributed by atoms with Gasteiger partial charge in [0.2, 0.25) is 0 Å². The van der Waals surface area contributed by atoms with Gasteiger partial charge >= 0.3 is 6.01 Å². The van der Waals surface area contributed by atoms with Crippen LogP contribution >= 0.6 is 11.3 Å². The number of hydrogen-bond acceptors (Lipinski definition) is 7. The normalized spacial score (nSPS) is 11.1. The van der Waals surface area contributed by atoms with Crippen LogP contribution in [0.4, 0.5) is 15.5 Å². The van der Waals surface area contributed by atoms with Gasteiger partial charge < -0.3 is 8.83 Å². The van der Waals surface area contributed by atoms with E-state index in [1.54, 1.807) is 18.2 Å². The molecular weight excluding hydrogens is 295 g/mol. The van der Waals surface area contributed by atoms with Crippen LogP contribution in [0.5, 0.6) is 0 Å². The number of hydrogen-bond donors (Lipinski definition) is 1. The summed E-state index contributed by atoms with van der Waals surface area (Å²) >= 11 is 1.30. The van der Waals surface area contributed by atoms with Crippen molar-refractivity contribution in [2.24, 2.45) is 0 Å². The maximum atomic E-state index is 13.1. The Labute approximate surface area is 121 Å². The van der Waals surface area contributed by atoms with E-state index in [1.165, 1.54) is 29.7 Å². The summed E-state index contributed by atoms with van der Waals surface area (Å²) < 4.78 is 24.5. The van der Waals surface area contributed by atoms with Gasteiger partial charge in [0.25, 0.3) is 5.89 Å². The van der Waals surface area contributed by atoms with Gasteiger partial charge in [0, 0.05) is 0 Å². The lowest BCUT2D eigenvalue weighted by atomic mass is 10.3. The van der Waals surface area contributed by atoms with E-state index in [1.807, 2.05) is 0 Å². The lowest BCUT2D eigenvalue weighted by Crippen LogP contribution is -1.88. The summed E-state index contributed by atoms with van der Waals surface area (Å²) in [5.41, 5.74) is 0.703. The number of anilines is 2. The largest absolute Gasteiger partial charge is 0.459 e. The highest BCUT2D eigenvalue weighted by Crippen LogP contribution is 2.29. The van der Waals surface area contributed by atoms with Crippen LogP contribution in [0.2, 0.25) is 0 Å². The summed E-state index contributed by atoms with van der Waals surface area (Å²) in [6, 6.07) is 8.07. The Balaban J connectivity index is 1.62. The van der Waals surface area contributed by atoms with Crippen LogP contribution in [0.1, 0.15) is 0 Å². The van der Waals surface area contributed by atoms with Gasteiger partial charge in [-0.25, -0.2) is 9.37 Å². The maximum Gasteiger partial charge on any atom is 0.322 e. The molecule has 1 N–H and O–H groups in total. The number of aromatic nitrogens is 3. The second-order valence-electron chi connectivity index (χ2n) is 4.15. The molecule has 0 fully saturated rings. The van der Waals surface area contributed by atoms with Crippen molar-refractivity contribution in [3.05, 3.63) is 42.4 Å². The zero-order chi connectivity index (χ0) is 14.2. The number of fused-ring (bicyclic) bond motifs is 1. The van der Waals surface area contributed by atoms with Crippen molar-refractivity contribution in [1.29, 1.82) is 0 Å². The Hall–Kier alpha value is -2.74. The minimum Gasteiger partial charge on any atom is -0.459 e. The summed E-state index contributed by atoms with van der Waals surface area (Å²) in [6.45, 7) is 0. The van der Waals surface area contributed by atoms with Crippen LogP contribution in [0.3, 0.4) is 0 Å². The van der Waals surface area contributed by atoms with Crippen LogP contribution in [-0.4, -0.2) is 15.2 Å². The Bertz CT molecular complexity index is 900. The first-order valence-corrected chi connectivity index (χ1v) is 6.80. The molecule has 4 aromatic rings. The van der Waals surface area contributed by atoms with Gasteiger partial charge in [0.15, 0.2) is 10.9 Å². The van der Waals surface area contributed by atoms with Crippen molar-refractivity contribution in [2.75, 3.05) is 5.32 Å². The predicted octanol–water partition coefficient (Wildman–Crippen LogP) is 3.82. The SMILES string of the molecule is Fc1ccc2nc(Nc3nnc(-c4ccco4)o3)sc2c1. The van der Waals surface area contributed by atoms with Crippen molar-refractivity contribution >= 4 is 32.7 Å². The fourth-order valence-corrected chi connectivity index (χ4v) is 2.70. The van der Waals surface area contributed by atoms with Crippen molar-refractivity contribution < 1.29 is 13.2 Å². The third-order valence-corrected chi connectivity index (χ3v) is 3.65. The van der Waals surface area contributed by atoms with Crippen molar-refractivity contribution in [1.82, 2.24) is 15.2 Å². The Morgan fingerprint density at radius 2 is 2.14 bits per heavy atom. The van der Waals surface area contributed by atoms with E-state index >= 15 is 0 Å². The molecule has 0 bridgehead atoms. The third kappa shape index (κ3) is 2.25. The summed E-state index contributed by atoms with van der Waals surface area (Å²) in [5.74, 6) is 0.465. The lowest BCUT2D eigenvalue weighted by Gasteiger charge is -1.92. The molecule has 1 aromatic carbocycles. The fraction of sp³-hybridized carbons (Fsp3) is 0. The molecule has 0 saturated carbocycles. The van der Waals surface area contributed by atoms with Gasteiger partial charge in [-0.1, -0.05) is 16.4 Å². The molecule has 4 rings (SSSR count). The summed E-state index contributed by atoms with van der Waals surface area (Å²) in [5, 5.41) is 11.2. The molecule has 104 valence electrons. The van der Waals surface area contributed by atoms with Gasteiger partial charge in [-0.2, -0.15) is 0 Å². The molecule has 0 aliphatic heterocycles. The molecule has 0 spiro atoms. The number of halogens is 1. The topological polar surface area (TPSA) is 77.0 Å². The average molecular weight is 302 g/mol. The van der Waals surface area contributed by atoms with Crippen LogP contribution < -0.4 is 5.32 Å². The second kappa shape index (κ2) is 4.67. The van der Waals surface area contributed by atoms with E-state index in [4.69, 9.17) is 8.83 Å². The first kappa shape index (κ1) is 12.0. The van der Waals surface area contributed by atoms with Crippen LogP contribution in [0, 0.1) is 5.82 Å². The monoisotopic (exact) mass is 302 g/mol. The molecule has 0 amide bonds. The maximum absolute atomic E-state index is 13.1. The molecular formula is C13H7FN4O2S. The molecule has 0 radical (unpaired) electrons. The van der Waals surface area contributed by atoms with Crippen LogP contribution in [-0.2, 0) is 0 Å². The van der Waals surface area contributed by atoms with Crippen LogP contribution in [0.15, 0.2) is 45.4 Å². The Morgan fingerprint density at radius 1 is 1.19 bits per heavy atom. The first-order valence-electron chi connectivity index (χ1n) is 5.98. The first-order chi connectivity index (χ1) is 10.3. The Morgan fingerprint density at radius 3 is 3.00 bits per heavy atom. The standard InChI is InChI=1S/C13H7FN4O2S/c14-7-3-4-8-10(6-7)21-13(15-8)16-12-18-17-11(20-12)9-2-1-5-19-9/h1-6H,(H,15,16,18). The van der Waals surface area contributed by atoms with Crippen molar-refractivity contribution in [3.63, 3.8) is 0 Å². The van der Waals surface area contributed by atoms with E-state index in [9.17, 15) is 4.39 Å². The Kier molecular flexibility index (Phi) is 2.68. The average Bonchev–Trinajstić information content (AvgIpc) is 3.16. The van der Waals surface area contributed by atoms with E-state index < -0.39 is 0 Å². The molecule has 8 heteroatoms. The van der Waals surface area contributed by atoms with Gasteiger partial charge in [0.05, 0.1) is 16.5 Å². The minimum absolute atomic E-state index is 0.195. The highest BCUT2D eigenvalue weighted by atomic mass is 32.1. The van der Waals surface area contributed by atoms with Crippen LogP contribution in [0.25, 0.3) is 21.9 Å². The van der Waals surface area contributed by atoms with Gasteiger partial charge in [-0.3, -0.25) is 5.32 Å². The zero-order valence-electron chi connectivity index (χ0n) is 10.4. The predicted molar refractivity (Wildman–Crippen MR) is 74.9 cm³/mol. The quantitative estimate of drug-likeness (QED) is 0.620. The molecule has 3 aromatic heterocycles. The molecule has 3 heterocycles. The third-order valence-electron chi connectivity index (χ3n) is 2.72. The van der Waals surface area contributed by atoms with Crippen molar-refractivity contribution in [3.8, 4) is 11.7 Å². The van der Waals surface area contributed by atoms with E-state index in [0.717, 1.165) is 4.70 Å². The molecule has 0 aliphatic rings.